The lowest BCUT2D eigenvalue weighted by molar-refractivity contribution is -0.360. The van der Waals surface area contributed by atoms with Crippen LogP contribution >= 0.6 is 23.1 Å². The maximum atomic E-state index is 3.79. The van der Waals surface area contributed by atoms with Gasteiger partial charge in [0.2, 0.25) is 0 Å². The van der Waals surface area contributed by atoms with E-state index in [4.69, 9.17) is 0 Å². The molecule has 0 aliphatic heterocycles. The fraction of sp³-hybridized carbons (Fsp3) is 0.429. The molecule has 0 unspecified atom stereocenters. The van der Waals surface area contributed by atoms with Crippen molar-refractivity contribution in [2.45, 2.75) is 5.75 Å². The average Bonchev–Trinajstić information content (AvgIpc) is 2.41. The Kier molecular flexibility index (Phi) is 3.87. The minimum atomic E-state index is 1.04. The first kappa shape index (κ1) is 8.11. The van der Waals surface area contributed by atoms with Gasteiger partial charge in [0.05, 0.1) is 6.54 Å². The Balaban J connectivity index is 2.15. The summed E-state index contributed by atoms with van der Waals surface area (Å²) in [5.41, 5.74) is 5.23. The van der Waals surface area contributed by atoms with Crippen LogP contribution in [0, 0.1) is 0 Å². The molecule has 1 rings (SSSR count). The first-order valence-electron chi connectivity index (χ1n) is 3.31. The van der Waals surface area contributed by atoms with E-state index in [9.17, 15) is 0 Å². The van der Waals surface area contributed by atoms with Gasteiger partial charge in [-0.05, 0) is 22.4 Å². The number of hydrogen-bond donors (Lipinski definition) is 1. The summed E-state index contributed by atoms with van der Waals surface area (Å²) < 4.78 is 0. The molecule has 0 radical (unpaired) electrons. The van der Waals surface area contributed by atoms with Gasteiger partial charge in [0, 0.05) is 11.5 Å². The van der Waals surface area contributed by atoms with Gasteiger partial charge in [0.15, 0.2) is 0 Å². The molecule has 0 spiro atoms. The van der Waals surface area contributed by atoms with Crippen molar-refractivity contribution >= 4 is 23.1 Å². The van der Waals surface area contributed by atoms with Gasteiger partial charge < -0.3 is 5.73 Å². The molecule has 0 saturated heterocycles. The van der Waals surface area contributed by atoms with Crippen LogP contribution in [-0.2, 0) is 5.75 Å². The van der Waals surface area contributed by atoms with E-state index >= 15 is 0 Å². The lowest BCUT2D eigenvalue weighted by Crippen LogP contribution is -2.51. The van der Waals surface area contributed by atoms with Crippen LogP contribution in [0.2, 0.25) is 0 Å². The minimum absolute atomic E-state index is 1.04. The van der Waals surface area contributed by atoms with Crippen LogP contribution in [-0.4, -0.2) is 12.3 Å². The molecule has 0 aliphatic rings. The largest absolute Gasteiger partial charge is 0.357 e. The monoisotopic (exact) mass is 174 g/mol. The Morgan fingerprint density at radius 3 is 3.10 bits per heavy atom. The van der Waals surface area contributed by atoms with Gasteiger partial charge in [0.1, 0.15) is 0 Å². The van der Waals surface area contributed by atoms with Crippen molar-refractivity contribution in [1.82, 2.24) is 0 Å². The maximum absolute atomic E-state index is 3.79. The first-order chi connectivity index (χ1) is 4.93. The molecule has 1 heterocycles. The van der Waals surface area contributed by atoms with Crippen LogP contribution in [0.1, 0.15) is 5.56 Å². The van der Waals surface area contributed by atoms with Crippen molar-refractivity contribution in [3.63, 3.8) is 0 Å². The number of hydrogen-bond acceptors (Lipinski definition) is 2. The van der Waals surface area contributed by atoms with Crippen LogP contribution in [0.25, 0.3) is 0 Å². The zero-order valence-corrected chi connectivity index (χ0v) is 7.51. The van der Waals surface area contributed by atoms with Crippen molar-refractivity contribution in [2.75, 3.05) is 12.3 Å². The molecule has 0 bridgehead atoms. The van der Waals surface area contributed by atoms with E-state index in [2.05, 4.69) is 22.6 Å². The standard InChI is InChI=1S/C7H11NS2/c8-2-4-10-6-7-1-3-9-5-7/h1,3,5H,2,4,6,8H2/p+1. The normalized spacial score (nSPS) is 10.1. The highest BCUT2D eigenvalue weighted by Crippen LogP contribution is 2.13. The second kappa shape index (κ2) is 4.77. The molecule has 1 nitrogen and oxygen atoms in total. The second-order valence-electron chi connectivity index (χ2n) is 2.04. The average molecular weight is 174 g/mol. The number of thioether (sulfide) groups is 1. The van der Waals surface area contributed by atoms with Crippen molar-refractivity contribution < 1.29 is 5.73 Å². The van der Waals surface area contributed by atoms with E-state index < -0.39 is 0 Å². The molecule has 0 amide bonds. The summed E-state index contributed by atoms with van der Waals surface area (Å²) in [5.74, 6) is 2.33. The number of rotatable bonds is 4. The summed E-state index contributed by atoms with van der Waals surface area (Å²) in [6, 6.07) is 2.18. The fourth-order valence-electron chi connectivity index (χ4n) is 0.667. The predicted octanol–water partition coefficient (Wildman–Crippen LogP) is 1.22. The summed E-state index contributed by atoms with van der Waals surface area (Å²) in [7, 11) is 0. The van der Waals surface area contributed by atoms with Crippen LogP contribution in [0.3, 0.4) is 0 Å². The lowest BCUT2D eigenvalue weighted by atomic mass is 10.4. The Morgan fingerprint density at radius 1 is 1.60 bits per heavy atom. The summed E-state index contributed by atoms with van der Waals surface area (Å²) >= 11 is 3.72. The highest BCUT2D eigenvalue weighted by Gasteiger charge is 1.91. The third-order valence-corrected chi connectivity index (χ3v) is 2.98. The predicted molar refractivity (Wildman–Crippen MR) is 48.2 cm³/mol. The molecule has 0 atom stereocenters. The maximum Gasteiger partial charge on any atom is 0.0831 e. The first-order valence-corrected chi connectivity index (χ1v) is 5.41. The molecule has 0 aromatic carbocycles. The minimum Gasteiger partial charge on any atom is -0.357 e. The van der Waals surface area contributed by atoms with Gasteiger partial charge >= 0.3 is 0 Å². The molecule has 10 heavy (non-hydrogen) atoms. The van der Waals surface area contributed by atoms with E-state index in [1.54, 1.807) is 11.3 Å². The zero-order valence-electron chi connectivity index (χ0n) is 5.88. The molecular formula is C7H12NS2+. The van der Waals surface area contributed by atoms with E-state index in [-0.39, 0.29) is 0 Å². The van der Waals surface area contributed by atoms with Crippen LogP contribution in [0.5, 0.6) is 0 Å². The van der Waals surface area contributed by atoms with Crippen LogP contribution in [0.4, 0.5) is 0 Å². The third kappa shape index (κ3) is 2.73. The van der Waals surface area contributed by atoms with Gasteiger partial charge in [-0.2, -0.15) is 23.1 Å². The van der Waals surface area contributed by atoms with E-state index in [1.807, 2.05) is 11.8 Å². The smallest absolute Gasteiger partial charge is 0.0831 e. The summed E-state index contributed by atoms with van der Waals surface area (Å²) in [5, 5.41) is 4.33. The van der Waals surface area contributed by atoms with Crippen molar-refractivity contribution in [2.24, 2.45) is 0 Å². The van der Waals surface area contributed by atoms with Gasteiger partial charge in [0.25, 0.3) is 0 Å². The van der Waals surface area contributed by atoms with Crippen molar-refractivity contribution in [3.05, 3.63) is 22.4 Å². The Hall–Kier alpha value is 0.01000. The summed E-state index contributed by atoms with van der Waals surface area (Å²) in [6.07, 6.45) is 0. The molecular weight excluding hydrogens is 162 g/mol. The highest BCUT2D eigenvalue weighted by atomic mass is 32.2. The Morgan fingerprint density at radius 2 is 2.50 bits per heavy atom. The van der Waals surface area contributed by atoms with E-state index in [0.717, 1.165) is 12.3 Å². The molecule has 0 fully saturated rings. The Bertz CT molecular complexity index is 160. The molecule has 3 N–H and O–H groups in total. The lowest BCUT2D eigenvalue weighted by Gasteiger charge is -1.93. The SMILES string of the molecule is [NH3+]CCSCc1ccsc1. The number of quaternary nitrogens is 1. The topological polar surface area (TPSA) is 27.6 Å². The quantitative estimate of drug-likeness (QED) is 0.683. The molecule has 3 heteroatoms. The van der Waals surface area contributed by atoms with Gasteiger partial charge in [-0.25, -0.2) is 0 Å². The molecule has 0 saturated carbocycles. The van der Waals surface area contributed by atoms with Crippen LogP contribution < -0.4 is 5.73 Å². The van der Waals surface area contributed by atoms with E-state index in [0.29, 0.717) is 0 Å². The molecule has 1 aromatic heterocycles. The molecule has 0 aliphatic carbocycles. The summed E-state index contributed by atoms with van der Waals surface area (Å²) in [4.78, 5) is 0. The van der Waals surface area contributed by atoms with Gasteiger partial charge in [-0.3, -0.25) is 0 Å². The highest BCUT2D eigenvalue weighted by molar-refractivity contribution is 7.98. The molecule has 1 aromatic rings. The van der Waals surface area contributed by atoms with Crippen molar-refractivity contribution in [1.29, 1.82) is 0 Å². The van der Waals surface area contributed by atoms with Gasteiger partial charge in [-0.15, -0.1) is 0 Å². The second-order valence-corrected chi connectivity index (χ2v) is 3.92. The van der Waals surface area contributed by atoms with Gasteiger partial charge in [-0.1, -0.05) is 0 Å². The fourth-order valence-corrected chi connectivity index (χ4v) is 2.20. The zero-order chi connectivity index (χ0) is 7.23. The third-order valence-electron chi connectivity index (χ3n) is 1.14. The summed E-state index contributed by atoms with van der Waals surface area (Å²) in [6.45, 7) is 1.04. The Labute approximate surface area is 69.6 Å². The van der Waals surface area contributed by atoms with Crippen LogP contribution in [0.15, 0.2) is 16.8 Å². The van der Waals surface area contributed by atoms with E-state index in [1.165, 1.54) is 11.3 Å². The molecule has 56 valence electrons. The number of thiophene rings is 1. The van der Waals surface area contributed by atoms with Crippen molar-refractivity contribution in [3.8, 4) is 0 Å².